The van der Waals surface area contributed by atoms with Crippen LogP contribution >= 0.6 is 15.6 Å². The number of hydrogen-bond acceptors (Lipinski definition) is 15. The van der Waals surface area contributed by atoms with Crippen LogP contribution in [0.3, 0.4) is 0 Å². The van der Waals surface area contributed by atoms with Gasteiger partial charge in [0.2, 0.25) is 0 Å². The van der Waals surface area contributed by atoms with Gasteiger partial charge in [-0.05, 0) is 43.4 Å². The van der Waals surface area contributed by atoms with E-state index in [1.807, 2.05) is 0 Å². The number of carbonyl (C=O) groups is 4. The zero-order valence-corrected chi connectivity index (χ0v) is 59.0. The first kappa shape index (κ1) is 86.1. The Balaban J connectivity index is 5.26. The lowest BCUT2D eigenvalue weighted by Gasteiger charge is -2.21. The molecule has 0 saturated carbocycles. The minimum atomic E-state index is -4.95. The molecule has 0 radical (unpaired) electrons. The molecule has 0 aliphatic heterocycles. The van der Waals surface area contributed by atoms with Gasteiger partial charge in [-0.3, -0.25) is 37.3 Å². The zero-order chi connectivity index (χ0) is 65.2. The molecule has 0 heterocycles. The molecule has 0 aromatic carbocycles. The van der Waals surface area contributed by atoms with Crippen LogP contribution < -0.4 is 0 Å². The molecular formula is C69H134O17P2. The van der Waals surface area contributed by atoms with Crippen molar-refractivity contribution >= 4 is 39.5 Å². The quantitative estimate of drug-likeness (QED) is 0.0222. The predicted molar refractivity (Wildman–Crippen MR) is 354 cm³/mol. The second kappa shape index (κ2) is 60.0. The van der Waals surface area contributed by atoms with Crippen LogP contribution in [0.25, 0.3) is 0 Å². The summed E-state index contributed by atoms with van der Waals surface area (Å²) in [6, 6.07) is 0. The molecule has 0 saturated heterocycles. The van der Waals surface area contributed by atoms with E-state index in [1.54, 1.807) is 0 Å². The van der Waals surface area contributed by atoms with Gasteiger partial charge in [0.25, 0.3) is 0 Å². The Morgan fingerprint density at radius 3 is 0.864 bits per heavy atom. The highest BCUT2D eigenvalue weighted by Gasteiger charge is 2.30. The van der Waals surface area contributed by atoms with Crippen molar-refractivity contribution in [3.8, 4) is 0 Å². The van der Waals surface area contributed by atoms with Crippen molar-refractivity contribution in [3.63, 3.8) is 0 Å². The summed E-state index contributed by atoms with van der Waals surface area (Å²) in [5.74, 6) is 0.0852. The largest absolute Gasteiger partial charge is 0.472 e. The minimum Gasteiger partial charge on any atom is -0.462 e. The summed E-state index contributed by atoms with van der Waals surface area (Å²) in [5, 5.41) is 10.6. The summed E-state index contributed by atoms with van der Waals surface area (Å²) in [6.45, 7) is 11.8. The van der Waals surface area contributed by atoms with Gasteiger partial charge in [-0.25, -0.2) is 9.13 Å². The maximum absolute atomic E-state index is 13.0. The van der Waals surface area contributed by atoms with E-state index in [0.29, 0.717) is 25.7 Å². The summed E-state index contributed by atoms with van der Waals surface area (Å²) >= 11 is 0. The van der Waals surface area contributed by atoms with Crippen LogP contribution in [-0.2, 0) is 65.4 Å². The van der Waals surface area contributed by atoms with Crippen molar-refractivity contribution in [2.45, 2.75) is 362 Å². The number of ether oxygens (including phenoxy) is 4. The Hall–Kier alpha value is -1.94. The van der Waals surface area contributed by atoms with Gasteiger partial charge in [0.15, 0.2) is 12.2 Å². The molecule has 0 rings (SSSR count). The van der Waals surface area contributed by atoms with Crippen molar-refractivity contribution in [2.24, 2.45) is 17.8 Å². The molecule has 522 valence electrons. The van der Waals surface area contributed by atoms with Crippen LogP contribution in [-0.4, -0.2) is 96.7 Å². The third kappa shape index (κ3) is 61.6. The zero-order valence-electron chi connectivity index (χ0n) is 57.2. The first-order chi connectivity index (χ1) is 42.3. The fourth-order valence-electron chi connectivity index (χ4n) is 10.3. The fraction of sp³-hybridized carbons (Fsp3) is 0.942. The van der Waals surface area contributed by atoms with Crippen molar-refractivity contribution in [2.75, 3.05) is 39.6 Å². The normalized spacial score (nSPS) is 14.5. The van der Waals surface area contributed by atoms with Crippen LogP contribution in [0.1, 0.15) is 344 Å². The Kier molecular flexibility index (Phi) is 58.7. The van der Waals surface area contributed by atoms with Crippen LogP contribution in [0, 0.1) is 17.8 Å². The highest BCUT2D eigenvalue weighted by Crippen LogP contribution is 2.45. The summed E-state index contributed by atoms with van der Waals surface area (Å²) in [4.78, 5) is 72.5. The van der Waals surface area contributed by atoms with E-state index in [4.69, 9.17) is 37.0 Å². The Bertz CT molecular complexity index is 1730. The molecule has 3 N–H and O–H groups in total. The predicted octanol–water partition coefficient (Wildman–Crippen LogP) is 19.5. The third-order valence-electron chi connectivity index (χ3n) is 16.2. The molecule has 0 aromatic rings. The van der Waals surface area contributed by atoms with Gasteiger partial charge < -0.3 is 33.8 Å². The second-order valence-corrected chi connectivity index (χ2v) is 29.0. The molecule has 0 amide bonds. The van der Waals surface area contributed by atoms with Gasteiger partial charge in [0.05, 0.1) is 26.4 Å². The molecule has 17 nitrogen and oxygen atoms in total. The minimum absolute atomic E-state index is 0.103. The maximum atomic E-state index is 13.0. The summed E-state index contributed by atoms with van der Waals surface area (Å²) in [7, 11) is -9.90. The molecule has 19 heteroatoms. The average molecular weight is 1300 g/mol. The maximum Gasteiger partial charge on any atom is 0.472 e. The Morgan fingerprint density at radius 1 is 0.330 bits per heavy atom. The number of carbonyl (C=O) groups excluding carboxylic acids is 4. The standard InChI is InChI=1S/C69H134O17P2/c1-8-10-11-12-13-14-15-16-19-22-28-36-43-50-66(71)79-56-64(85-68(73)52-45-38-29-23-20-17-18-21-26-33-40-47-60(3)4)58-83-87(75,76)81-54-63(70)55-82-88(77,78)84-59-65(57-80-67(72)51-44-37-32-31-35-42-49-62(7)9-2)86-69(74)53-46-39-30-25-24-27-34-41-48-61(5)6/h60-65,70H,8-59H2,1-7H3,(H,75,76)(H,77,78)/t62?,63-,64-,65-/m1/s1. The van der Waals surface area contributed by atoms with Crippen molar-refractivity contribution in [3.05, 3.63) is 0 Å². The van der Waals surface area contributed by atoms with E-state index in [9.17, 15) is 43.2 Å². The molecule has 0 bridgehead atoms. The topological polar surface area (TPSA) is 237 Å². The van der Waals surface area contributed by atoms with E-state index in [2.05, 4.69) is 48.5 Å². The van der Waals surface area contributed by atoms with E-state index in [-0.39, 0.29) is 25.7 Å². The van der Waals surface area contributed by atoms with E-state index >= 15 is 0 Å². The number of aliphatic hydroxyl groups excluding tert-OH is 1. The monoisotopic (exact) mass is 1300 g/mol. The molecule has 0 fully saturated rings. The van der Waals surface area contributed by atoms with Crippen molar-refractivity contribution in [1.82, 2.24) is 0 Å². The summed E-state index contributed by atoms with van der Waals surface area (Å²) < 4.78 is 68.2. The lowest BCUT2D eigenvalue weighted by atomic mass is 10.00. The SMILES string of the molecule is CCCCCCCCCCCCCCCC(=O)OC[C@H](COP(=O)(O)OC[C@@H](O)COP(=O)(O)OC[C@@H](COC(=O)CCCCCCCCC(C)CC)OC(=O)CCCCCCCCCCC(C)C)OC(=O)CCCCCCCCCCCCCC(C)C. The smallest absolute Gasteiger partial charge is 0.462 e. The number of esters is 4. The van der Waals surface area contributed by atoms with E-state index < -0.39 is 97.5 Å². The number of phosphoric ester groups is 2. The molecule has 0 aromatic heterocycles. The Morgan fingerprint density at radius 2 is 0.580 bits per heavy atom. The van der Waals surface area contributed by atoms with Crippen LogP contribution in [0.5, 0.6) is 0 Å². The molecule has 6 atom stereocenters. The highest BCUT2D eigenvalue weighted by atomic mass is 31.2. The first-order valence-corrected chi connectivity index (χ1v) is 38.9. The number of unbranched alkanes of at least 4 members (excludes halogenated alkanes) is 34. The van der Waals surface area contributed by atoms with Gasteiger partial charge in [-0.1, -0.05) is 292 Å². The summed E-state index contributed by atoms with van der Waals surface area (Å²) in [6.07, 6.45) is 43.0. The second-order valence-electron chi connectivity index (χ2n) is 26.1. The molecule has 88 heavy (non-hydrogen) atoms. The molecular weight excluding hydrogens is 1160 g/mol. The third-order valence-corrected chi connectivity index (χ3v) is 18.1. The molecule has 3 unspecified atom stereocenters. The average Bonchev–Trinajstić information content (AvgIpc) is 3.69. The van der Waals surface area contributed by atoms with Gasteiger partial charge in [0.1, 0.15) is 19.3 Å². The van der Waals surface area contributed by atoms with Gasteiger partial charge in [0, 0.05) is 25.7 Å². The van der Waals surface area contributed by atoms with Crippen LogP contribution in [0.4, 0.5) is 0 Å². The number of rotatable bonds is 67. The lowest BCUT2D eigenvalue weighted by molar-refractivity contribution is -0.161. The van der Waals surface area contributed by atoms with Crippen molar-refractivity contribution < 1.29 is 80.2 Å². The number of phosphoric acid groups is 2. The number of aliphatic hydroxyl groups is 1. The molecule has 0 aliphatic carbocycles. The van der Waals surface area contributed by atoms with E-state index in [1.165, 1.54) is 148 Å². The molecule has 0 spiro atoms. The molecule has 0 aliphatic rings. The number of hydrogen-bond donors (Lipinski definition) is 3. The summed E-state index contributed by atoms with van der Waals surface area (Å²) in [5.41, 5.74) is 0. The van der Waals surface area contributed by atoms with Gasteiger partial charge in [-0.15, -0.1) is 0 Å². The van der Waals surface area contributed by atoms with Crippen molar-refractivity contribution in [1.29, 1.82) is 0 Å². The Labute approximate surface area is 537 Å². The first-order valence-electron chi connectivity index (χ1n) is 35.9. The lowest BCUT2D eigenvalue weighted by Crippen LogP contribution is -2.30. The van der Waals surface area contributed by atoms with E-state index in [0.717, 1.165) is 114 Å². The fourth-order valence-corrected chi connectivity index (χ4v) is 11.9. The highest BCUT2D eigenvalue weighted by molar-refractivity contribution is 7.47. The van der Waals surface area contributed by atoms with Gasteiger partial charge >= 0.3 is 39.5 Å². The van der Waals surface area contributed by atoms with Crippen LogP contribution in [0.15, 0.2) is 0 Å². The van der Waals surface area contributed by atoms with Gasteiger partial charge in [-0.2, -0.15) is 0 Å². The van der Waals surface area contributed by atoms with Crippen LogP contribution in [0.2, 0.25) is 0 Å².